The summed E-state index contributed by atoms with van der Waals surface area (Å²) in [5.41, 5.74) is 0.704. The van der Waals surface area contributed by atoms with Crippen molar-refractivity contribution in [2.75, 3.05) is 0 Å². The number of rotatable bonds is 3. The van der Waals surface area contributed by atoms with Gasteiger partial charge < -0.3 is 5.11 Å². The lowest BCUT2D eigenvalue weighted by Crippen LogP contribution is -2.03. The van der Waals surface area contributed by atoms with Crippen LogP contribution in [0.4, 0.5) is 8.78 Å². The second-order valence-electron chi connectivity index (χ2n) is 4.62. The number of hydrogen-bond acceptors (Lipinski definition) is 3. The third-order valence-corrected chi connectivity index (χ3v) is 3.37. The van der Waals surface area contributed by atoms with Gasteiger partial charge in [0.1, 0.15) is 11.6 Å². The van der Waals surface area contributed by atoms with Crippen LogP contribution in [0.5, 0.6) is 0 Å². The molecule has 3 rings (SSSR count). The molecule has 23 heavy (non-hydrogen) atoms. The predicted octanol–water partition coefficient (Wildman–Crippen LogP) is 3.56. The van der Waals surface area contributed by atoms with E-state index in [2.05, 4.69) is 10.1 Å². The third-order valence-electron chi connectivity index (χ3n) is 3.08. The van der Waals surface area contributed by atoms with Crippen LogP contribution in [0.1, 0.15) is 10.5 Å². The van der Waals surface area contributed by atoms with Crippen LogP contribution in [0.2, 0.25) is 5.02 Å². The zero-order valence-corrected chi connectivity index (χ0v) is 12.1. The van der Waals surface area contributed by atoms with Gasteiger partial charge in [0.05, 0.1) is 22.6 Å². The summed E-state index contributed by atoms with van der Waals surface area (Å²) in [6, 6.07) is 6.28. The number of aromatic carboxylic acids is 1. The molecular weight excluding hydrogens is 328 g/mol. The highest BCUT2D eigenvalue weighted by atomic mass is 35.5. The summed E-state index contributed by atoms with van der Waals surface area (Å²) in [6.45, 7) is 0. The van der Waals surface area contributed by atoms with Crippen molar-refractivity contribution in [2.45, 2.75) is 0 Å². The molecule has 0 aliphatic rings. The number of hydrogen-bond donors (Lipinski definition) is 1. The Balaban J connectivity index is 2.22. The Morgan fingerprint density at radius 2 is 1.96 bits per heavy atom. The van der Waals surface area contributed by atoms with Crippen molar-refractivity contribution in [1.29, 1.82) is 0 Å². The number of carboxylic acids is 1. The van der Waals surface area contributed by atoms with Gasteiger partial charge >= 0.3 is 5.97 Å². The van der Waals surface area contributed by atoms with E-state index >= 15 is 0 Å². The molecule has 0 saturated heterocycles. The first-order chi connectivity index (χ1) is 11.0. The first-order valence-electron chi connectivity index (χ1n) is 6.35. The van der Waals surface area contributed by atoms with Gasteiger partial charge in [0.2, 0.25) is 0 Å². The van der Waals surface area contributed by atoms with Crippen molar-refractivity contribution in [2.24, 2.45) is 0 Å². The molecule has 3 aromatic rings. The van der Waals surface area contributed by atoms with Crippen LogP contribution < -0.4 is 0 Å². The van der Waals surface area contributed by atoms with Crippen LogP contribution >= 0.6 is 11.6 Å². The van der Waals surface area contributed by atoms with Gasteiger partial charge in [-0.3, -0.25) is 4.98 Å². The van der Waals surface area contributed by atoms with E-state index in [0.29, 0.717) is 11.3 Å². The number of nitrogens with zero attached hydrogens (tertiary/aromatic N) is 3. The van der Waals surface area contributed by atoms with Crippen LogP contribution in [-0.2, 0) is 0 Å². The molecule has 0 bridgehead atoms. The van der Waals surface area contributed by atoms with E-state index in [4.69, 9.17) is 16.7 Å². The summed E-state index contributed by atoms with van der Waals surface area (Å²) in [7, 11) is 0. The van der Waals surface area contributed by atoms with Crippen LogP contribution in [-0.4, -0.2) is 25.8 Å². The van der Waals surface area contributed by atoms with E-state index in [9.17, 15) is 13.6 Å². The van der Waals surface area contributed by atoms with Crippen LogP contribution in [0.3, 0.4) is 0 Å². The molecule has 0 radical (unpaired) electrons. The molecule has 1 N–H and O–H groups in total. The van der Waals surface area contributed by atoms with Gasteiger partial charge in [-0.2, -0.15) is 5.10 Å². The molecule has 0 unspecified atom stereocenters. The highest BCUT2D eigenvalue weighted by Crippen LogP contribution is 2.26. The molecule has 0 fully saturated rings. The van der Waals surface area contributed by atoms with Crippen LogP contribution in [0, 0.1) is 11.6 Å². The highest BCUT2D eigenvalue weighted by molar-refractivity contribution is 6.30. The second kappa shape index (κ2) is 5.77. The number of aromatic nitrogens is 3. The van der Waals surface area contributed by atoms with E-state index in [0.717, 1.165) is 12.3 Å². The average Bonchev–Trinajstić information content (AvgIpc) is 2.95. The summed E-state index contributed by atoms with van der Waals surface area (Å²) < 4.78 is 27.9. The zero-order valence-electron chi connectivity index (χ0n) is 11.4. The van der Waals surface area contributed by atoms with E-state index in [1.165, 1.54) is 35.1 Å². The minimum atomic E-state index is -1.25. The monoisotopic (exact) mass is 335 g/mol. The minimum absolute atomic E-state index is 0.141. The Labute approximate surface area is 133 Å². The van der Waals surface area contributed by atoms with Crippen molar-refractivity contribution in [1.82, 2.24) is 14.8 Å². The molecule has 0 atom stereocenters. The topological polar surface area (TPSA) is 68.0 Å². The highest BCUT2D eigenvalue weighted by Gasteiger charge is 2.17. The lowest BCUT2D eigenvalue weighted by Gasteiger charge is -2.08. The molecule has 116 valence electrons. The average molecular weight is 336 g/mol. The summed E-state index contributed by atoms with van der Waals surface area (Å²) in [5.74, 6) is -2.44. The maximum Gasteiger partial charge on any atom is 0.356 e. The molecule has 2 heterocycles. The number of carbonyl (C=O) groups is 1. The molecule has 8 heteroatoms. The van der Waals surface area contributed by atoms with E-state index in [-0.39, 0.29) is 16.4 Å². The first-order valence-corrected chi connectivity index (χ1v) is 6.73. The summed E-state index contributed by atoms with van der Waals surface area (Å²) in [6.07, 6.45) is 2.39. The van der Waals surface area contributed by atoms with Gasteiger partial charge in [-0.1, -0.05) is 11.6 Å². The lowest BCUT2D eigenvalue weighted by molar-refractivity contribution is 0.0690. The van der Waals surface area contributed by atoms with Crippen molar-refractivity contribution < 1.29 is 18.7 Å². The third kappa shape index (κ3) is 2.91. The number of benzene rings is 1. The fraction of sp³-hybridized carbons (Fsp3) is 0. The Bertz CT molecular complexity index is 911. The first kappa shape index (κ1) is 15.1. The predicted molar refractivity (Wildman–Crippen MR) is 78.7 cm³/mol. The van der Waals surface area contributed by atoms with Crippen molar-refractivity contribution in [3.05, 3.63) is 65.1 Å². The lowest BCUT2D eigenvalue weighted by atomic mass is 10.2. The SMILES string of the molecule is O=C(O)c1cc(-c2cncc(F)c2)n(-c2ccc(F)c(Cl)c2)n1. The molecular formula is C15H8ClF2N3O2. The van der Waals surface area contributed by atoms with Gasteiger partial charge in [-0.25, -0.2) is 18.3 Å². The molecule has 1 aromatic carbocycles. The molecule has 0 saturated carbocycles. The molecule has 0 spiro atoms. The van der Waals surface area contributed by atoms with Crippen molar-refractivity contribution >= 4 is 17.6 Å². The Morgan fingerprint density at radius 3 is 2.61 bits per heavy atom. The number of carboxylic acid groups (broad SMARTS) is 1. The summed E-state index contributed by atoms with van der Waals surface area (Å²) in [4.78, 5) is 14.9. The molecule has 5 nitrogen and oxygen atoms in total. The molecule has 0 aliphatic heterocycles. The van der Waals surface area contributed by atoms with Crippen LogP contribution in [0.25, 0.3) is 16.9 Å². The van der Waals surface area contributed by atoms with E-state index in [1.807, 2.05) is 0 Å². The Morgan fingerprint density at radius 1 is 1.17 bits per heavy atom. The molecule has 0 amide bonds. The largest absolute Gasteiger partial charge is 0.476 e. The molecule has 2 aromatic heterocycles. The number of halogens is 3. The van der Waals surface area contributed by atoms with Gasteiger partial charge in [0, 0.05) is 11.8 Å². The Kier molecular flexibility index (Phi) is 3.79. The summed E-state index contributed by atoms with van der Waals surface area (Å²) >= 11 is 5.75. The van der Waals surface area contributed by atoms with Crippen LogP contribution in [0.15, 0.2) is 42.7 Å². The normalized spacial score (nSPS) is 10.7. The van der Waals surface area contributed by atoms with Gasteiger partial charge in [-0.05, 0) is 30.3 Å². The molecule has 0 aliphatic carbocycles. The summed E-state index contributed by atoms with van der Waals surface area (Å²) in [5, 5.41) is 12.9. The zero-order chi connectivity index (χ0) is 16.6. The second-order valence-corrected chi connectivity index (χ2v) is 5.03. The Hall–Kier alpha value is -2.80. The maximum atomic E-state index is 13.4. The van der Waals surface area contributed by atoms with E-state index < -0.39 is 17.6 Å². The number of pyridine rings is 1. The van der Waals surface area contributed by atoms with Gasteiger partial charge in [0.15, 0.2) is 5.69 Å². The minimum Gasteiger partial charge on any atom is -0.476 e. The van der Waals surface area contributed by atoms with E-state index in [1.54, 1.807) is 0 Å². The fourth-order valence-electron chi connectivity index (χ4n) is 2.06. The van der Waals surface area contributed by atoms with Gasteiger partial charge in [-0.15, -0.1) is 0 Å². The maximum absolute atomic E-state index is 13.4. The van der Waals surface area contributed by atoms with Crippen molar-refractivity contribution in [3.63, 3.8) is 0 Å². The van der Waals surface area contributed by atoms with Crippen molar-refractivity contribution in [3.8, 4) is 16.9 Å². The standard InChI is InChI=1S/C15H8ClF2N3O2/c16-11-4-10(1-2-12(11)18)21-14(5-13(20-21)15(22)23)8-3-9(17)7-19-6-8/h1-7H,(H,22,23). The smallest absolute Gasteiger partial charge is 0.356 e. The quantitative estimate of drug-likeness (QED) is 0.794. The van der Waals surface area contributed by atoms with Gasteiger partial charge in [0.25, 0.3) is 0 Å². The fourth-order valence-corrected chi connectivity index (χ4v) is 2.23.